The molecule has 0 bridgehead atoms. The average Bonchev–Trinajstić information content (AvgIpc) is 2.69. The predicted octanol–water partition coefficient (Wildman–Crippen LogP) is 1.57. The average molecular weight is 281 g/mol. The number of benzene rings is 1. The zero-order chi connectivity index (χ0) is 14.4. The molecule has 1 N–H and O–H groups in total. The summed E-state index contributed by atoms with van der Waals surface area (Å²) in [6.45, 7) is 5.21. The van der Waals surface area contributed by atoms with Gasteiger partial charge in [0, 0.05) is 32.2 Å². The zero-order valence-electron chi connectivity index (χ0n) is 12.4. The fourth-order valence-corrected chi connectivity index (χ4v) is 2.28. The second-order valence-corrected chi connectivity index (χ2v) is 5.35. The number of hydrogen-bond acceptors (Lipinski definition) is 4. The fourth-order valence-electron chi connectivity index (χ4n) is 2.28. The van der Waals surface area contributed by atoms with E-state index >= 15 is 0 Å². The van der Waals surface area contributed by atoms with Gasteiger partial charge in [-0.1, -0.05) is 0 Å². The molecule has 20 heavy (non-hydrogen) atoms. The van der Waals surface area contributed by atoms with E-state index in [0.29, 0.717) is 6.61 Å². The first kappa shape index (κ1) is 15.1. The molecule has 1 aliphatic heterocycles. The van der Waals surface area contributed by atoms with Gasteiger partial charge in [0.1, 0.15) is 18.2 Å². The number of rotatable bonds is 5. The Morgan fingerprint density at radius 1 is 1.30 bits per heavy atom. The summed E-state index contributed by atoms with van der Waals surface area (Å²) in [6.07, 6.45) is 1.06. The quantitative estimate of drug-likeness (QED) is 0.886. The lowest BCUT2D eigenvalue weighted by atomic mass is 10.2. The lowest BCUT2D eigenvalue weighted by Gasteiger charge is -2.25. The summed E-state index contributed by atoms with van der Waals surface area (Å²) in [7, 11) is 4.02. The van der Waals surface area contributed by atoms with E-state index < -0.39 is 0 Å². The lowest BCUT2D eigenvalue weighted by Crippen LogP contribution is -2.28. The third-order valence-corrected chi connectivity index (χ3v) is 3.40. The van der Waals surface area contributed by atoms with E-state index in [4.69, 9.17) is 4.74 Å². The monoisotopic (exact) mass is 281 g/mol. The molecule has 0 amide bonds. The molecule has 0 saturated carbocycles. The van der Waals surface area contributed by atoms with E-state index in [2.05, 4.69) is 15.1 Å². The van der Waals surface area contributed by atoms with Gasteiger partial charge in [-0.05, 0) is 39.2 Å². The predicted molar refractivity (Wildman–Crippen MR) is 80.1 cm³/mol. The van der Waals surface area contributed by atoms with E-state index in [9.17, 15) is 4.39 Å². The SMILES string of the molecule is CN(C)CCOc1ccc(F)cc1N1CCCNCC1. The van der Waals surface area contributed by atoms with Gasteiger partial charge in [0.25, 0.3) is 0 Å². The summed E-state index contributed by atoms with van der Waals surface area (Å²) in [5, 5.41) is 3.36. The minimum absolute atomic E-state index is 0.211. The first-order valence-corrected chi connectivity index (χ1v) is 7.19. The number of halogens is 1. The first-order valence-electron chi connectivity index (χ1n) is 7.19. The van der Waals surface area contributed by atoms with Crippen LogP contribution in [0.1, 0.15) is 6.42 Å². The van der Waals surface area contributed by atoms with Crippen molar-refractivity contribution < 1.29 is 9.13 Å². The number of hydrogen-bond donors (Lipinski definition) is 1. The molecular weight excluding hydrogens is 257 g/mol. The highest BCUT2D eigenvalue weighted by Crippen LogP contribution is 2.29. The van der Waals surface area contributed by atoms with Gasteiger partial charge in [-0.15, -0.1) is 0 Å². The van der Waals surface area contributed by atoms with Crippen molar-refractivity contribution in [3.8, 4) is 5.75 Å². The first-order chi connectivity index (χ1) is 9.66. The smallest absolute Gasteiger partial charge is 0.142 e. The largest absolute Gasteiger partial charge is 0.490 e. The molecule has 112 valence electrons. The number of nitrogens with zero attached hydrogens (tertiary/aromatic N) is 2. The van der Waals surface area contributed by atoms with E-state index in [1.54, 1.807) is 12.1 Å². The van der Waals surface area contributed by atoms with Crippen LogP contribution < -0.4 is 15.0 Å². The second-order valence-electron chi connectivity index (χ2n) is 5.35. The lowest BCUT2D eigenvalue weighted by molar-refractivity contribution is 0.261. The summed E-state index contributed by atoms with van der Waals surface area (Å²) in [6, 6.07) is 4.78. The number of nitrogens with one attached hydrogen (secondary N) is 1. The summed E-state index contributed by atoms with van der Waals surface area (Å²) < 4.78 is 19.4. The van der Waals surface area contributed by atoms with Crippen LogP contribution in [-0.2, 0) is 0 Å². The Hall–Kier alpha value is -1.33. The molecule has 0 aliphatic carbocycles. The summed E-state index contributed by atoms with van der Waals surface area (Å²) >= 11 is 0. The number of anilines is 1. The van der Waals surface area contributed by atoms with Crippen LogP contribution in [0.15, 0.2) is 18.2 Å². The summed E-state index contributed by atoms with van der Waals surface area (Å²) in [5.41, 5.74) is 0.868. The molecule has 2 rings (SSSR count). The van der Waals surface area contributed by atoms with Crippen molar-refractivity contribution >= 4 is 5.69 Å². The van der Waals surface area contributed by atoms with Gasteiger partial charge in [0.05, 0.1) is 5.69 Å². The third kappa shape index (κ3) is 4.35. The van der Waals surface area contributed by atoms with Crippen LogP contribution in [0.2, 0.25) is 0 Å². The van der Waals surface area contributed by atoms with Gasteiger partial charge in [0.2, 0.25) is 0 Å². The molecular formula is C15H24FN3O. The van der Waals surface area contributed by atoms with E-state index in [-0.39, 0.29) is 5.82 Å². The third-order valence-electron chi connectivity index (χ3n) is 3.40. The van der Waals surface area contributed by atoms with Crippen molar-refractivity contribution in [2.75, 3.05) is 58.3 Å². The van der Waals surface area contributed by atoms with Crippen molar-refractivity contribution in [3.05, 3.63) is 24.0 Å². The Bertz CT molecular complexity index is 418. The van der Waals surface area contributed by atoms with Gasteiger partial charge in [0.15, 0.2) is 0 Å². The van der Waals surface area contributed by atoms with E-state index in [1.165, 1.54) is 6.07 Å². The van der Waals surface area contributed by atoms with E-state index in [1.807, 2.05) is 14.1 Å². The Kier molecular flexibility index (Phi) is 5.61. The van der Waals surface area contributed by atoms with Crippen LogP contribution in [0, 0.1) is 5.82 Å². The molecule has 1 heterocycles. The molecule has 0 aromatic heterocycles. The van der Waals surface area contributed by atoms with Crippen molar-refractivity contribution in [3.63, 3.8) is 0 Å². The molecule has 1 aromatic carbocycles. The summed E-state index contributed by atoms with van der Waals surface area (Å²) in [4.78, 5) is 4.27. The normalized spacial score (nSPS) is 16.3. The molecule has 1 aliphatic rings. The molecule has 0 unspecified atom stereocenters. The van der Waals surface area contributed by atoms with Gasteiger partial charge in [-0.2, -0.15) is 0 Å². The zero-order valence-corrected chi connectivity index (χ0v) is 12.4. The highest BCUT2D eigenvalue weighted by molar-refractivity contribution is 5.58. The van der Waals surface area contributed by atoms with Crippen molar-refractivity contribution in [1.29, 1.82) is 0 Å². The van der Waals surface area contributed by atoms with Crippen molar-refractivity contribution in [1.82, 2.24) is 10.2 Å². The van der Waals surface area contributed by atoms with Gasteiger partial charge >= 0.3 is 0 Å². The topological polar surface area (TPSA) is 27.7 Å². The van der Waals surface area contributed by atoms with Crippen molar-refractivity contribution in [2.45, 2.75) is 6.42 Å². The molecule has 4 nitrogen and oxygen atoms in total. The molecule has 0 atom stereocenters. The molecule has 1 aromatic rings. The molecule has 1 saturated heterocycles. The van der Waals surface area contributed by atoms with E-state index in [0.717, 1.165) is 50.6 Å². The van der Waals surface area contributed by atoms with Crippen LogP contribution >= 0.6 is 0 Å². The molecule has 0 radical (unpaired) electrons. The van der Waals surface area contributed by atoms with Crippen LogP contribution in [0.25, 0.3) is 0 Å². The Balaban J connectivity index is 2.09. The second kappa shape index (κ2) is 7.45. The highest BCUT2D eigenvalue weighted by atomic mass is 19.1. The maximum absolute atomic E-state index is 13.5. The Labute approximate surface area is 120 Å². The molecule has 1 fully saturated rings. The van der Waals surface area contributed by atoms with Gasteiger partial charge in [-0.3, -0.25) is 0 Å². The van der Waals surface area contributed by atoms with Crippen LogP contribution in [-0.4, -0.2) is 58.3 Å². The minimum Gasteiger partial charge on any atom is -0.490 e. The number of ether oxygens (including phenoxy) is 1. The van der Waals surface area contributed by atoms with Crippen molar-refractivity contribution in [2.24, 2.45) is 0 Å². The van der Waals surface area contributed by atoms with Crippen LogP contribution in [0.5, 0.6) is 5.75 Å². The van der Waals surface area contributed by atoms with Crippen LogP contribution in [0.4, 0.5) is 10.1 Å². The van der Waals surface area contributed by atoms with Gasteiger partial charge in [-0.25, -0.2) is 4.39 Å². The maximum atomic E-state index is 13.5. The molecule has 5 heteroatoms. The maximum Gasteiger partial charge on any atom is 0.142 e. The van der Waals surface area contributed by atoms with Crippen LogP contribution in [0.3, 0.4) is 0 Å². The Morgan fingerprint density at radius 3 is 2.95 bits per heavy atom. The van der Waals surface area contributed by atoms with Gasteiger partial charge < -0.3 is 19.9 Å². The summed E-state index contributed by atoms with van der Waals surface area (Å²) in [5.74, 6) is 0.562. The Morgan fingerprint density at radius 2 is 2.15 bits per heavy atom. The minimum atomic E-state index is -0.211. The standard InChI is InChI=1S/C15H24FN3O/c1-18(2)10-11-20-15-5-4-13(16)12-14(15)19-8-3-6-17-7-9-19/h4-5,12,17H,3,6-11H2,1-2H3. The highest BCUT2D eigenvalue weighted by Gasteiger charge is 2.15. The number of likely N-dealkylation sites (N-methyl/N-ethyl adjacent to an activating group) is 1. The molecule has 0 spiro atoms. The fraction of sp³-hybridized carbons (Fsp3) is 0.600.